The molecule has 0 atom stereocenters. The SMILES string of the molecule is Cc1c(C(=O)Nc2ccc(Cl)cc2Cl)oc2c1/C(=N/NC(=O)c1cncc(Br)c1)CCC2. The largest absolute Gasteiger partial charge is 0.455 e. The Morgan fingerprint density at radius 2 is 1.97 bits per heavy atom. The maximum atomic E-state index is 12.9. The van der Waals surface area contributed by atoms with Crippen LogP contribution in [0.4, 0.5) is 5.69 Å². The van der Waals surface area contributed by atoms with Crippen molar-refractivity contribution in [2.24, 2.45) is 5.10 Å². The lowest BCUT2D eigenvalue weighted by Crippen LogP contribution is -2.22. The van der Waals surface area contributed by atoms with Gasteiger partial charge in [0.05, 0.1) is 22.0 Å². The fraction of sp³-hybridized carbons (Fsp3) is 0.182. The van der Waals surface area contributed by atoms with Gasteiger partial charge in [0.1, 0.15) is 5.76 Å². The number of aromatic nitrogens is 1. The Labute approximate surface area is 202 Å². The van der Waals surface area contributed by atoms with Gasteiger partial charge in [-0.05, 0) is 60.0 Å². The van der Waals surface area contributed by atoms with Crippen molar-refractivity contribution in [3.8, 4) is 0 Å². The van der Waals surface area contributed by atoms with E-state index < -0.39 is 5.91 Å². The fourth-order valence-electron chi connectivity index (χ4n) is 3.49. The molecule has 1 aliphatic rings. The molecular formula is C22H17BrCl2N4O3. The Hall–Kier alpha value is -2.68. The average molecular weight is 536 g/mol. The maximum absolute atomic E-state index is 12.9. The van der Waals surface area contributed by atoms with Crippen molar-refractivity contribution in [2.45, 2.75) is 26.2 Å². The van der Waals surface area contributed by atoms with Gasteiger partial charge in [-0.2, -0.15) is 5.10 Å². The van der Waals surface area contributed by atoms with Crippen molar-refractivity contribution in [1.29, 1.82) is 0 Å². The first-order valence-electron chi connectivity index (χ1n) is 9.70. The Bertz CT molecular complexity index is 1260. The normalized spacial score (nSPS) is 14.2. The van der Waals surface area contributed by atoms with Gasteiger partial charge in [-0.15, -0.1) is 0 Å². The van der Waals surface area contributed by atoms with E-state index in [-0.39, 0.29) is 11.7 Å². The van der Waals surface area contributed by atoms with Crippen LogP contribution in [0, 0.1) is 6.92 Å². The number of hydrazone groups is 1. The molecule has 164 valence electrons. The summed E-state index contributed by atoms with van der Waals surface area (Å²) in [4.78, 5) is 29.3. The Kier molecular flexibility index (Phi) is 6.64. The number of carbonyl (C=O) groups is 2. The van der Waals surface area contributed by atoms with Crippen LogP contribution in [0.1, 0.15) is 50.6 Å². The van der Waals surface area contributed by atoms with Crippen molar-refractivity contribution in [3.63, 3.8) is 0 Å². The molecule has 2 N–H and O–H groups in total. The zero-order valence-electron chi connectivity index (χ0n) is 16.8. The smallest absolute Gasteiger partial charge is 0.291 e. The number of amides is 2. The molecular weight excluding hydrogens is 519 g/mol. The van der Waals surface area contributed by atoms with Gasteiger partial charge in [0.2, 0.25) is 0 Å². The minimum absolute atomic E-state index is 0.179. The second kappa shape index (κ2) is 9.44. The molecule has 2 amide bonds. The number of hydrogen-bond acceptors (Lipinski definition) is 5. The van der Waals surface area contributed by atoms with E-state index in [4.69, 9.17) is 27.6 Å². The van der Waals surface area contributed by atoms with Crippen LogP contribution >= 0.6 is 39.1 Å². The molecule has 2 aromatic heterocycles. The fourth-order valence-corrected chi connectivity index (χ4v) is 4.31. The van der Waals surface area contributed by atoms with Crippen molar-refractivity contribution in [1.82, 2.24) is 10.4 Å². The van der Waals surface area contributed by atoms with Gasteiger partial charge in [-0.3, -0.25) is 14.6 Å². The molecule has 0 bridgehead atoms. The highest BCUT2D eigenvalue weighted by Gasteiger charge is 2.28. The molecule has 0 aliphatic heterocycles. The summed E-state index contributed by atoms with van der Waals surface area (Å²) in [5.74, 6) is 0.0380. The molecule has 2 heterocycles. The third kappa shape index (κ3) is 4.72. The quantitative estimate of drug-likeness (QED) is 0.414. The molecule has 0 saturated heterocycles. The van der Waals surface area contributed by atoms with E-state index in [1.807, 2.05) is 0 Å². The Morgan fingerprint density at radius 1 is 1.16 bits per heavy atom. The number of pyridine rings is 1. The number of furan rings is 1. The third-order valence-corrected chi connectivity index (χ3v) is 5.95. The summed E-state index contributed by atoms with van der Waals surface area (Å²) in [5.41, 5.74) is 5.44. The van der Waals surface area contributed by atoms with E-state index in [0.717, 1.165) is 12.0 Å². The Morgan fingerprint density at radius 3 is 2.72 bits per heavy atom. The molecule has 0 fully saturated rings. The molecule has 0 unspecified atom stereocenters. The zero-order valence-corrected chi connectivity index (χ0v) is 19.9. The molecule has 32 heavy (non-hydrogen) atoms. The van der Waals surface area contributed by atoms with E-state index in [2.05, 4.69) is 36.8 Å². The summed E-state index contributed by atoms with van der Waals surface area (Å²) in [5, 5.41) is 7.87. The lowest BCUT2D eigenvalue weighted by Gasteiger charge is -2.13. The summed E-state index contributed by atoms with van der Waals surface area (Å²) in [6.07, 6.45) is 5.16. The van der Waals surface area contributed by atoms with E-state index in [1.165, 1.54) is 6.20 Å². The van der Waals surface area contributed by atoms with Gasteiger partial charge in [0.25, 0.3) is 11.8 Å². The second-order valence-electron chi connectivity index (χ2n) is 7.18. The molecule has 10 heteroatoms. The number of hydrogen-bond donors (Lipinski definition) is 2. The van der Waals surface area contributed by atoms with Crippen molar-refractivity contribution in [2.75, 3.05) is 5.32 Å². The van der Waals surface area contributed by atoms with Crippen molar-refractivity contribution < 1.29 is 14.0 Å². The van der Waals surface area contributed by atoms with Crippen LogP contribution in [-0.2, 0) is 6.42 Å². The van der Waals surface area contributed by atoms with E-state index in [1.54, 1.807) is 37.4 Å². The van der Waals surface area contributed by atoms with E-state index in [0.29, 0.717) is 55.6 Å². The highest BCUT2D eigenvalue weighted by atomic mass is 79.9. The molecule has 1 aliphatic carbocycles. The molecule has 0 radical (unpaired) electrons. The van der Waals surface area contributed by atoms with Crippen LogP contribution in [0.15, 0.2) is 50.7 Å². The topological polar surface area (TPSA) is 96.6 Å². The summed E-state index contributed by atoms with van der Waals surface area (Å²) >= 11 is 15.4. The second-order valence-corrected chi connectivity index (χ2v) is 8.94. The standard InChI is InChI=1S/C22H17BrCl2N4O3/c1-11-19-17(28-29-21(30)12-7-13(23)10-26-9-12)3-2-4-18(19)32-20(11)22(31)27-16-6-5-14(24)8-15(16)25/h5-10H,2-4H2,1H3,(H,27,31)(H,29,30)/b28-17+. The predicted molar refractivity (Wildman–Crippen MR) is 127 cm³/mol. The first kappa shape index (κ1) is 22.5. The molecule has 4 rings (SSSR count). The van der Waals surface area contributed by atoms with Crippen LogP contribution < -0.4 is 10.7 Å². The van der Waals surface area contributed by atoms with Crippen LogP contribution in [0.3, 0.4) is 0 Å². The zero-order chi connectivity index (χ0) is 22.8. The predicted octanol–water partition coefficient (Wildman–Crippen LogP) is 5.78. The van der Waals surface area contributed by atoms with Gasteiger partial charge in [0.15, 0.2) is 5.76 Å². The van der Waals surface area contributed by atoms with Gasteiger partial charge in [0, 0.05) is 39.4 Å². The van der Waals surface area contributed by atoms with Crippen molar-refractivity contribution in [3.05, 3.63) is 79.4 Å². The minimum atomic E-state index is -0.426. The number of benzene rings is 1. The highest BCUT2D eigenvalue weighted by Crippen LogP contribution is 2.31. The molecule has 3 aromatic rings. The summed E-state index contributed by atoms with van der Waals surface area (Å²) < 4.78 is 6.58. The Balaban J connectivity index is 1.57. The maximum Gasteiger partial charge on any atom is 0.291 e. The number of rotatable bonds is 4. The van der Waals surface area contributed by atoms with Gasteiger partial charge in [-0.1, -0.05) is 23.2 Å². The summed E-state index contributed by atoms with van der Waals surface area (Å²) in [6, 6.07) is 6.46. The van der Waals surface area contributed by atoms with Crippen LogP contribution in [-0.4, -0.2) is 22.5 Å². The van der Waals surface area contributed by atoms with E-state index >= 15 is 0 Å². The number of carbonyl (C=O) groups excluding carboxylic acids is 2. The van der Waals surface area contributed by atoms with E-state index in [9.17, 15) is 9.59 Å². The lowest BCUT2D eigenvalue weighted by atomic mass is 9.93. The first-order valence-corrected chi connectivity index (χ1v) is 11.2. The molecule has 7 nitrogen and oxygen atoms in total. The number of fused-ring (bicyclic) bond motifs is 1. The van der Waals surface area contributed by atoms with Gasteiger partial charge in [-0.25, -0.2) is 5.43 Å². The first-order chi connectivity index (χ1) is 15.3. The van der Waals surface area contributed by atoms with Gasteiger partial charge < -0.3 is 9.73 Å². The molecule has 1 aromatic carbocycles. The van der Waals surface area contributed by atoms with Crippen LogP contribution in [0.25, 0.3) is 0 Å². The lowest BCUT2D eigenvalue weighted by molar-refractivity contribution is 0.0953. The third-order valence-electron chi connectivity index (χ3n) is 4.97. The molecule has 0 saturated carbocycles. The monoisotopic (exact) mass is 534 g/mol. The van der Waals surface area contributed by atoms with Gasteiger partial charge >= 0.3 is 0 Å². The van der Waals surface area contributed by atoms with Crippen LogP contribution in [0.2, 0.25) is 10.0 Å². The number of nitrogens with zero attached hydrogens (tertiary/aromatic N) is 2. The van der Waals surface area contributed by atoms with Crippen LogP contribution in [0.5, 0.6) is 0 Å². The summed E-state index contributed by atoms with van der Waals surface area (Å²) in [6.45, 7) is 1.79. The van der Waals surface area contributed by atoms with Crippen molar-refractivity contribution >= 4 is 62.3 Å². The molecule has 0 spiro atoms. The number of aryl methyl sites for hydroxylation is 1. The number of nitrogens with one attached hydrogen (secondary N) is 2. The summed E-state index contributed by atoms with van der Waals surface area (Å²) in [7, 11) is 0. The number of anilines is 1. The number of halogens is 3. The highest BCUT2D eigenvalue weighted by molar-refractivity contribution is 9.10. The average Bonchev–Trinajstić information content (AvgIpc) is 3.11. The minimum Gasteiger partial charge on any atom is -0.455 e.